The second-order valence-electron chi connectivity index (χ2n) is 3.55. The van der Waals surface area contributed by atoms with Crippen molar-refractivity contribution < 1.29 is 9.90 Å². The lowest BCUT2D eigenvalue weighted by Crippen LogP contribution is -2.34. The molecule has 1 heterocycles. The number of amides is 1. The number of benzene rings is 1. The van der Waals surface area contributed by atoms with Crippen molar-refractivity contribution >= 4 is 6.09 Å². The van der Waals surface area contributed by atoms with Crippen LogP contribution >= 0.6 is 0 Å². The van der Waals surface area contributed by atoms with Crippen LogP contribution in [0.2, 0.25) is 0 Å². The van der Waals surface area contributed by atoms with Gasteiger partial charge in [0.25, 0.3) is 0 Å². The first-order valence-electron chi connectivity index (χ1n) is 4.70. The van der Waals surface area contributed by atoms with Crippen molar-refractivity contribution in [1.29, 1.82) is 5.26 Å². The molecule has 0 radical (unpaired) electrons. The molecule has 1 aromatic rings. The monoisotopic (exact) mass is 202 g/mol. The number of hydrogen-bond acceptors (Lipinski definition) is 2. The number of nitriles is 1. The maximum Gasteiger partial charge on any atom is 0.407 e. The number of hydrogen-bond donors (Lipinski definition) is 1. The lowest BCUT2D eigenvalue weighted by Gasteiger charge is -2.26. The summed E-state index contributed by atoms with van der Waals surface area (Å²) in [5.41, 5.74) is 2.68. The Balaban J connectivity index is 2.32. The molecule has 0 spiro atoms. The van der Waals surface area contributed by atoms with Crippen LogP contribution in [0.15, 0.2) is 18.2 Å². The molecule has 1 N–H and O–H groups in total. The largest absolute Gasteiger partial charge is 0.465 e. The Morgan fingerprint density at radius 2 is 2.27 bits per heavy atom. The topological polar surface area (TPSA) is 64.3 Å². The molecule has 1 amide bonds. The predicted molar refractivity (Wildman–Crippen MR) is 53.3 cm³/mol. The van der Waals surface area contributed by atoms with Crippen molar-refractivity contribution in [2.75, 3.05) is 6.54 Å². The number of nitrogens with zero attached hydrogens (tertiary/aromatic N) is 2. The van der Waals surface area contributed by atoms with Gasteiger partial charge in [0.1, 0.15) is 0 Å². The van der Waals surface area contributed by atoms with Crippen molar-refractivity contribution in [3.63, 3.8) is 0 Å². The summed E-state index contributed by atoms with van der Waals surface area (Å²) >= 11 is 0. The van der Waals surface area contributed by atoms with Gasteiger partial charge in [-0.25, -0.2) is 4.79 Å². The standard InChI is InChI=1S/C11H10N2O2/c12-6-8-1-2-9-3-4-13(11(14)15)7-10(9)5-8/h1-2,5H,3-4,7H2,(H,14,15). The molecule has 0 fully saturated rings. The van der Waals surface area contributed by atoms with E-state index in [0.717, 1.165) is 17.5 Å². The van der Waals surface area contributed by atoms with Crippen molar-refractivity contribution in [3.05, 3.63) is 34.9 Å². The van der Waals surface area contributed by atoms with E-state index in [4.69, 9.17) is 10.4 Å². The van der Waals surface area contributed by atoms with E-state index in [1.165, 1.54) is 4.90 Å². The van der Waals surface area contributed by atoms with Gasteiger partial charge in [-0.2, -0.15) is 5.26 Å². The third-order valence-electron chi connectivity index (χ3n) is 2.62. The highest BCUT2D eigenvalue weighted by atomic mass is 16.4. The molecule has 0 atom stereocenters. The lowest BCUT2D eigenvalue weighted by atomic mass is 9.98. The molecule has 0 saturated heterocycles. The van der Waals surface area contributed by atoms with Crippen LogP contribution < -0.4 is 0 Å². The first kappa shape index (κ1) is 9.53. The molecule has 0 aromatic heterocycles. The number of carboxylic acid groups (broad SMARTS) is 1. The Hall–Kier alpha value is -2.02. The van der Waals surface area contributed by atoms with Gasteiger partial charge in [0.2, 0.25) is 0 Å². The summed E-state index contributed by atoms with van der Waals surface area (Å²) in [6.07, 6.45) is -0.170. The van der Waals surface area contributed by atoms with Crippen molar-refractivity contribution in [2.24, 2.45) is 0 Å². The minimum atomic E-state index is -0.900. The molecule has 1 aliphatic rings. The highest BCUT2D eigenvalue weighted by Crippen LogP contribution is 2.20. The van der Waals surface area contributed by atoms with Gasteiger partial charge in [0.05, 0.1) is 11.6 Å². The summed E-state index contributed by atoms with van der Waals surface area (Å²) in [7, 11) is 0. The quantitative estimate of drug-likeness (QED) is 0.694. The van der Waals surface area contributed by atoms with Crippen LogP contribution in [0.5, 0.6) is 0 Å². The van der Waals surface area contributed by atoms with Crippen LogP contribution in [0.1, 0.15) is 16.7 Å². The number of rotatable bonds is 0. The van der Waals surface area contributed by atoms with Gasteiger partial charge in [-0.3, -0.25) is 0 Å². The Morgan fingerprint density at radius 3 is 2.93 bits per heavy atom. The molecule has 4 nitrogen and oxygen atoms in total. The molecule has 15 heavy (non-hydrogen) atoms. The summed E-state index contributed by atoms with van der Waals surface area (Å²) in [5.74, 6) is 0. The van der Waals surface area contributed by atoms with Gasteiger partial charge in [-0.15, -0.1) is 0 Å². The van der Waals surface area contributed by atoms with Crippen LogP contribution in [0, 0.1) is 11.3 Å². The first-order chi connectivity index (χ1) is 7.20. The minimum absolute atomic E-state index is 0.389. The van der Waals surface area contributed by atoms with Gasteiger partial charge >= 0.3 is 6.09 Å². The lowest BCUT2D eigenvalue weighted by molar-refractivity contribution is 0.140. The molecular weight excluding hydrogens is 192 g/mol. The highest BCUT2D eigenvalue weighted by molar-refractivity contribution is 5.65. The molecular formula is C11H10N2O2. The van der Waals surface area contributed by atoms with Gasteiger partial charge in [-0.05, 0) is 29.7 Å². The molecule has 0 bridgehead atoms. The van der Waals surface area contributed by atoms with Crippen LogP contribution in [-0.2, 0) is 13.0 Å². The summed E-state index contributed by atoms with van der Waals surface area (Å²) in [6.45, 7) is 0.925. The number of carbonyl (C=O) groups is 1. The molecule has 0 saturated carbocycles. The van der Waals surface area contributed by atoms with E-state index < -0.39 is 6.09 Å². The predicted octanol–water partition coefficient (Wildman–Crippen LogP) is 1.59. The second kappa shape index (κ2) is 3.62. The fraction of sp³-hybridized carbons (Fsp3) is 0.273. The average molecular weight is 202 g/mol. The van der Waals surface area contributed by atoms with E-state index in [1.807, 2.05) is 6.07 Å². The summed E-state index contributed by atoms with van der Waals surface area (Å²) in [6, 6.07) is 7.51. The van der Waals surface area contributed by atoms with E-state index in [2.05, 4.69) is 6.07 Å². The molecule has 1 aliphatic heterocycles. The zero-order valence-electron chi connectivity index (χ0n) is 8.10. The first-order valence-corrected chi connectivity index (χ1v) is 4.70. The maximum absolute atomic E-state index is 10.8. The van der Waals surface area contributed by atoms with E-state index in [-0.39, 0.29) is 0 Å². The van der Waals surface area contributed by atoms with Crippen molar-refractivity contribution in [3.8, 4) is 6.07 Å². The fourth-order valence-corrected chi connectivity index (χ4v) is 1.79. The minimum Gasteiger partial charge on any atom is -0.465 e. The maximum atomic E-state index is 10.8. The van der Waals surface area contributed by atoms with Gasteiger partial charge in [0.15, 0.2) is 0 Å². The van der Waals surface area contributed by atoms with E-state index in [1.54, 1.807) is 12.1 Å². The summed E-state index contributed by atoms with van der Waals surface area (Å²) in [5, 5.41) is 17.6. The Labute approximate surface area is 87.4 Å². The third kappa shape index (κ3) is 1.77. The smallest absolute Gasteiger partial charge is 0.407 e. The molecule has 2 rings (SSSR count). The molecule has 1 aromatic carbocycles. The zero-order valence-corrected chi connectivity index (χ0v) is 8.10. The molecule has 4 heteroatoms. The Morgan fingerprint density at radius 1 is 1.47 bits per heavy atom. The molecule has 76 valence electrons. The third-order valence-corrected chi connectivity index (χ3v) is 2.62. The second-order valence-corrected chi connectivity index (χ2v) is 3.55. The van der Waals surface area contributed by atoms with E-state index in [0.29, 0.717) is 18.7 Å². The summed E-state index contributed by atoms with van der Waals surface area (Å²) in [4.78, 5) is 12.1. The van der Waals surface area contributed by atoms with Gasteiger partial charge < -0.3 is 10.0 Å². The Bertz CT molecular complexity index is 448. The van der Waals surface area contributed by atoms with Crippen LogP contribution in [0.25, 0.3) is 0 Å². The molecule has 0 unspecified atom stereocenters. The fourth-order valence-electron chi connectivity index (χ4n) is 1.79. The SMILES string of the molecule is N#Cc1ccc2c(c1)CN(C(=O)O)CC2. The highest BCUT2D eigenvalue weighted by Gasteiger charge is 2.19. The number of fused-ring (bicyclic) bond motifs is 1. The van der Waals surface area contributed by atoms with Gasteiger partial charge in [-0.1, -0.05) is 6.07 Å². The van der Waals surface area contributed by atoms with E-state index in [9.17, 15) is 4.79 Å². The van der Waals surface area contributed by atoms with Gasteiger partial charge in [0, 0.05) is 13.1 Å². The Kier molecular flexibility index (Phi) is 2.30. The van der Waals surface area contributed by atoms with Crippen LogP contribution in [0.4, 0.5) is 4.79 Å². The molecule has 0 aliphatic carbocycles. The van der Waals surface area contributed by atoms with Crippen molar-refractivity contribution in [2.45, 2.75) is 13.0 Å². The van der Waals surface area contributed by atoms with E-state index >= 15 is 0 Å². The average Bonchev–Trinajstić information content (AvgIpc) is 2.27. The van der Waals surface area contributed by atoms with Crippen LogP contribution in [0.3, 0.4) is 0 Å². The van der Waals surface area contributed by atoms with Crippen LogP contribution in [-0.4, -0.2) is 22.6 Å². The van der Waals surface area contributed by atoms with Crippen molar-refractivity contribution in [1.82, 2.24) is 4.90 Å². The normalized spacial score (nSPS) is 14.2. The summed E-state index contributed by atoms with van der Waals surface area (Å²) < 4.78 is 0. The zero-order chi connectivity index (χ0) is 10.8.